The Balaban J connectivity index is 1.78. The molecule has 94 valence electrons. The number of hydrogen-bond acceptors (Lipinski definition) is 4. The molecule has 0 amide bonds. The second-order valence-corrected chi connectivity index (χ2v) is 4.73. The summed E-state index contributed by atoms with van der Waals surface area (Å²) in [5.41, 5.74) is 0.0564. The summed E-state index contributed by atoms with van der Waals surface area (Å²) in [6.07, 6.45) is 4.50. The molecule has 2 heterocycles. The fourth-order valence-corrected chi connectivity index (χ4v) is 2.54. The summed E-state index contributed by atoms with van der Waals surface area (Å²) in [6, 6.07) is 0. The van der Waals surface area contributed by atoms with Crippen LogP contribution in [0.2, 0.25) is 0 Å². The first-order chi connectivity index (χ1) is 7.85. The molecule has 16 heavy (non-hydrogen) atoms. The van der Waals surface area contributed by atoms with Crippen molar-refractivity contribution < 1.29 is 14.2 Å². The van der Waals surface area contributed by atoms with Gasteiger partial charge in [0.15, 0.2) is 0 Å². The third kappa shape index (κ3) is 3.17. The van der Waals surface area contributed by atoms with Crippen LogP contribution in [0.3, 0.4) is 0 Å². The Bertz CT molecular complexity index is 199. The highest BCUT2D eigenvalue weighted by molar-refractivity contribution is 4.89. The van der Waals surface area contributed by atoms with Gasteiger partial charge in [0.05, 0.1) is 18.3 Å². The minimum absolute atomic E-state index is 0.0564. The highest BCUT2D eigenvalue weighted by Gasteiger charge is 2.39. The number of hydrogen-bond donors (Lipinski definition) is 1. The van der Waals surface area contributed by atoms with Crippen LogP contribution >= 0.6 is 0 Å². The molecule has 2 aliphatic rings. The summed E-state index contributed by atoms with van der Waals surface area (Å²) >= 11 is 0. The quantitative estimate of drug-likeness (QED) is 0.729. The normalized spacial score (nSPS) is 29.4. The summed E-state index contributed by atoms with van der Waals surface area (Å²) < 4.78 is 17.2. The molecule has 2 rings (SSSR count). The molecule has 4 nitrogen and oxygen atoms in total. The molecule has 0 aromatic carbocycles. The van der Waals surface area contributed by atoms with Gasteiger partial charge in [-0.3, -0.25) is 0 Å². The van der Waals surface area contributed by atoms with E-state index in [9.17, 15) is 0 Å². The van der Waals surface area contributed by atoms with Crippen LogP contribution < -0.4 is 5.32 Å². The lowest BCUT2D eigenvalue weighted by molar-refractivity contribution is -0.169. The van der Waals surface area contributed by atoms with Gasteiger partial charge in [-0.1, -0.05) is 0 Å². The van der Waals surface area contributed by atoms with E-state index < -0.39 is 0 Å². The molecule has 2 aliphatic heterocycles. The zero-order valence-electron chi connectivity index (χ0n) is 10.2. The van der Waals surface area contributed by atoms with Gasteiger partial charge in [0.2, 0.25) is 0 Å². The molecule has 2 saturated heterocycles. The summed E-state index contributed by atoms with van der Waals surface area (Å²) in [4.78, 5) is 0. The molecule has 1 spiro atoms. The average molecular weight is 229 g/mol. The summed E-state index contributed by atoms with van der Waals surface area (Å²) in [5.74, 6) is 0. The average Bonchev–Trinajstić information content (AvgIpc) is 2.31. The monoisotopic (exact) mass is 229 g/mol. The van der Waals surface area contributed by atoms with E-state index >= 15 is 0 Å². The Kier molecular flexibility index (Phi) is 4.58. The van der Waals surface area contributed by atoms with E-state index in [0.29, 0.717) is 6.10 Å². The van der Waals surface area contributed by atoms with Gasteiger partial charge in [0.1, 0.15) is 0 Å². The second-order valence-electron chi connectivity index (χ2n) is 4.73. The number of nitrogens with one attached hydrogen (secondary N) is 1. The van der Waals surface area contributed by atoms with Crippen molar-refractivity contribution in [2.45, 2.75) is 37.4 Å². The van der Waals surface area contributed by atoms with Crippen molar-refractivity contribution in [3.63, 3.8) is 0 Å². The lowest BCUT2D eigenvalue weighted by Crippen LogP contribution is -2.46. The van der Waals surface area contributed by atoms with Crippen LogP contribution in [0, 0.1) is 0 Å². The fraction of sp³-hybridized carbons (Fsp3) is 1.00. The Morgan fingerprint density at radius 1 is 1.31 bits per heavy atom. The van der Waals surface area contributed by atoms with Gasteiger partial charge in [-0.05, 0) is 26.3 Å². The van der Waals surface area contributed by atoms with Gasteiger partial charge < -0.3 is 19.5 Å². The SMILES string of the molecule is CNCCOC1CCOC2(CCOCC2)C1. The zero-order valence-corrected chi connectivity index (χ0v) is 10.2. The van der Waals surface area contributed by atoms with Crippen LogP contribution in [-0.4, -0.2) is 51.7 Å². The fourth-order valence-electron chi connectivity index (χ4n) is 2.54. The molecule has 1 N–H and O–H groups in total. The molecule has 0 aromatic rings. The molecular weight excluding hydrogens is 206 g/mol. The maximum Gasteiger partial charge on any atom is 0.0751 e. The first-order valence-electron chi connectivity index (χ1n) is 6.33. The van der Waals surface area contributed by atoms with Crippen LogP contribution in [-0.2, 0) is 14.2 Å². The minimum atomic E-state index is 0.0564. The molecule has 0 aliphatic carbocycles. The standard InChI is InChI=1S/C12H23NO3/c1-13-5-9-15-11-2-6-16-12(10-11)3-7-14-8-4-12/h11,13H,2-10H2,1H3. The first-order valence-corrected chi connectivity index (χ1v) is 6.33. The third-order valence-corrected chi connectivity index (χ3v) is 3.56. The van der Waals surface area contributed by atoms with E-state index in [2.05, 4.69) is 5.32 Å². The lowest BCUT2D eigenvalue weighted by atomic mass is 9.85. The topological polar surface area (TPSA) is 39.7 Å². The zero-order chi connectivity index (χ0) is 11.3. The van der Waals surface area contributed by atoms with Crippen molar-refractivity contribution in [1.82, 2.24) is 5.32 Å². The van der Waals surface area contributed by atoms with Crippen LogP contribution in [0.15, 0.2) is 0 Å². The molecule has 4 heteroatoms. The van der Waals surface area contributed by atoms with Gasteiger partial charge in [-0.2, -0.15) is 0 Å². The maximum atomic E-state index is 5.97. The van der Waals surface area contributed by atoms with Crippen molar-refractivity contribution in [3.8, 4) is 0 Å². The van der Waals surface area contributed by atoms with Gasteiger partial charge in [0.25, 0.3) is 0 Å². The Hall–Kier alpha value is -0.160. The summed E-state index contributed by atoms with van der Waals surface area (Å²) in [6.45, 7) is 4.23. The highest BCUT2D eigenvalue weighted by atomic mass is 16.5. The van der Waals surface area contributed by atoms with E-state index in [1.165, 1.54) is 0 Å². The van der Waals surface area contributed by atoms with Crippen molar-refractivity contribution in [2.75, 3.05) is 40.0 Å². The van der Waals surface area contributed by atoms with Crippen molar-refractivity contribution in [1.29, 1.82) is 0 Å². The summed E-state index contributed by atoms with van der Waals surface area (Å²) in [7, 11) is 1.95. The van der Waals surface area contributed by atoms with Gasteiger partial charge in [-0.15, -0.1) is 0 Å². The lowest BCUT2D eigenvalue weighted by Gasteiger charge is -2.43. The highest BCUT2D eigenvalue weighted by Crippen LogP contribution is 2.35. The Labute approximate surface area is 97.6 Å². The number of rotatable bonds is 4. The predicted octanol–water partition coefficient (Wildman–Crippen LogP) is 0.951. The van der Waals surface area contributed by atoms with E-state index in [4.69, 9.17) is 14.2 Å². The van der Waals surface area contributed by atoms with E-state index in [1.807, 2.05) is 7.05 Å². The first kappa shape index (κ1) is 12.3. The molecule has 1 atom stereocenters. The number of likely N-dealkylation sites (N-methyl/N-ethyl adjacent to an activating group) is 1. The largest absolute Gasteiger partial charge is 0.381 e. The third-order valence-electron chi connectivity index (χ3n) is 3.56. The Morgan fingerprint density at radius 2 is 2.12 bits per heavy atom. The predicted molar refractivity (Wildman–Crippen MR) is 61.6 cm³/mol. The van der Waals surface area contributed by atoms with Crippen molar-refractivity contribution >= 4 is 0 Å². The molecule has 0 aromatic heterocycles. The number of ether oxygens (including phenoxy) is 3. The van der Waals surface area contributed by atoms with E-state index in [-0.39, 0.29) is 5.60 Å². The van der Waals surface area contributed by atoms with Crippen LogP contribution in [0.5, 0.6) is 0 Å². The molecule has 1 unspecified atom stereocenters. The van der Waals surface area contributed by atoms with Crippen molar-refractivity contribution in [3.05, 3.63) is 0 Å². The maximum absolute atomic E-state index is 5.97. The van der Waals surface area contributed by atoms with Gasteiger partial charge in [-0.25, -0.2) is 0 Å². The van der Waals surface area contributed by atoms with Crippen LogP contribution in [0.25, 0.3) is 0 Å². The van der Waals surface area contributed by atoms with E-state index in [1.54, 1.807) is 0 Å². The molecular formula is C12H23NO3. The van der Waals surface area contributed by atoms with E-state index in [0.717, 1.165) is 58.7 Å². The van der Waals surface area contributed by atoms with Crippen LogP contribution in [0.1, 0.15) is 25.7 Å². The smallest absolute Gasteiger partial charge is 0.0751 e. The minimum Gasteiger partial charge on any atom is -0.381 e. The molecule has 0 radical (unpaired) electrons. The molecule has 0 bridgehead atoms. The van der Waals surface area contributed by atoms with Gasteiger partial charge >= 0.3 is 0 Å². The van der Waals surface area contributed by atoms with Gasteiger partial charge in [0, 0.05) is 32.8 Å². The Morgan fingerprint density at radius 3 is 2.88 bits per heavy atom. The summed E-state index contributed by atoms with van der Waals surface area (Å²) in [5, 5.41) is 3.10. The second kappa shape index (κ2) is 5.96. The molecule has 2 fully saturated rings. The molecule has 0 saturated carbocycles. The van der Waals surface area contributed by atoms with Crippen molar-refractivity contribution in [2.24, 2.45) is 0 Å². The van der Waals surface area contributed by atoms with Crippen LogP contribution in [0.4, 0.5) is 0 Å².